The van der Waals surface area contributed by atoms with Crippen molar-refractivity contribution in [2.75, 3.05) is 18.2 Å². The zero-order valence-electron chi connectivity index (χ0n) is 23.0. The molecule has 2 heterocycles. The van der Waals surface area contributed by atoms with Crippen LogP contribution in [-0.2, 0) is 4.79 Å². The maximum Gasteiger partial charge on any atom is 0.224 e. The maximum absolute atomic E-state index is 12.9. The highest BCUT2D eigenvalue weighted by Gasteiger charge is 2.39. The van der Waals surface area contributed by atoms with E-state index in [-0.39, 0.29) is 18.4 Å². The second kappa shape index (κ2) is 10.8. The second-order valence-electron chi connectivity index (χ2n) is 11.2. The Balaban J connectivity index is 1.23. The molecule has 2 saturated carbocycles. The summed E-state index contributed by atoms with van der Waals surface area (Å²) >= 11 is 0. The van der Waals surface area contributed by atoms with Crippen LogP contribution in [0.3, 0.4) is 0 Å². The van der Waals surface area contributed by atoms with Crippen LogP contribution in [0, 0.1) is 17.2 Å². The fraction of sp³-hybridized carbons (Fsp3) is 0.387. The molecule has 0 saturated heterocycles. The number of rotatable bonds is 8. The average Bonchev–Trinajstić information content (AvgIpc) is 3.63. The second-order valence-corrected chi connectivity index (χ2v) is 11.2. The molecule has 0 spiro atoms. The summed E-state index contributed by atoms with van der Waals surface area (Å²) in [4.78, 5) is 21.6. The molecule has 6 rings (SSSR count). The lowest BCUT2D eigenvalue weighted by Crippen LogP contribution is -2.34. The fourth-order valence-electron chi connectivity index (χ4n) is 6.12. The van der Waals surface area contributed by atoms with Crippen molar-refractivity contribution in [2.45, 2.75) is 62.5 Å². The Hall–Kier alpha value is -4.49. The molecule has 2 fully saturated rings. The molecule has 0 aliphatic heterocycles. The number of hydrogen-bond donors (Lipinski definition) is 3. The molecule has 0 bridgehead atoms. The van der Waals surface area contributed by atoms with Crippen LogP contribution in [0.2, 0.25) is 0 Å². The molecular weight excluding hydrogens is 518 g/mol. The van der Waals surface area contributed by atoms with E-state index in [2.05, 4.69) is 33.5 Å². The van der Waals surface area contributed by atoms with Gasteiger partial charge < -0.3 is 20.9 Å². The average molecular weight is 552 g/mol. The molecular formula is C31H33N7O3. The van der Waals surface area contributed by atoms with E-state index in [1.54, 1.807) is 7.11 Å². The van der Waals surface area contributed by atoms with Gasteiger partial charge in [0.2, 0.25) is 5.91 Å². The van der Waals surface area contributed by atoms with Crippen molar-refractivity contribution < 1.29 is 14.6 Å². The number of carbonyl (C=O) groups excluding carboxylic acids is 1. The molecule has 0 unspecified atom stereocenters. The number of carbonyl (C=O) groups is 1. The van der Waals surface area contributed by atoms with Crippen LogP contribution < -0.4 is 15.8 Å². The first-order chi connectivity index (χ1) is 19.9. The lowest BCUT2D eigenvalue weighted by atomic mass is 9.80. The zero-order chi connectivity index (χ0) is 28.6. The number of anilines is 2. The molecule has 2 atom stereocenters. The van der Waals surface area contributed by atoms with Crippen LogP contribution in [0.5, 0.6) is 5.75 Å². The van der Waals surface area contributed by atoms with Crippen molar-refractivity contribution in [3.8, 4) is 23.1 Å². The Morgan fingerprint density at radius 2 is 2.00 bits per heavy atom. The first-order valence-electron chi connectivity index (χ1n) is 14.0. The zero-order valence-corrected chi connectivity index (χ0v) is 23.0. The van der Waals surface area contributed by atoms with E-state index in [1.165, 1.54) is 11.9 Å². The van der Waals surface area contributed by atoms with E-state index >= 15 is 0 Å². The highest BCUT2D eigenvalue weighted by atomic mass is 16.5. The van der Waals surface area contributed by atoms with Crippen LogP contribution in [0.15, 0.2) is 54.9 Å². The number of nitrogens with zero attached hydrogens (tertiary/aromatic N) is 5. The van der Waals surface area contributed by atoms with Crippen molar-refractivity contribution in [1.29, 1.82) is 5.26 Å². The van der Waals surface area contributed by atoms with Crippen LogP contribution in [-0.4, -0.2) is 43.5 Å². The number of methoxy groups -OCH3 is 1. The number of nitrogens with one attached hydrogen (secondary N) is 1. The van der Waals surface area contributed by atoms with Gasteiger partial charge in [0.25, 0.3) is 0 Å². The summed E-state index contributed by atoms with van der Waals surface area (Å²) in [6, 6.07) is 18.0. The molecule has 2 aromatic carbocycles. The van der Waals surface area contributed by atoms with Gasteiger partial charge >= 0.3 is 0 Å². The summed E-state index contributed by atoms with van der Waals surface area (Å²) in [5.41, 5.74) is 9.24. The van der Waals surface area contributed by atoms with Gasteiger partial charge in [0, 0.05) is 12.0 Å². The highest BCUT2D eigenvalue weighted by Crippen LogP contribution is 2.49. The van der Waals surface area contributed by atoms with Gasteiger partial charge in [0.05, 0.1) is 42.3 Å². The van der Waals surface area contributed by atoms with Gasteiger partial charge in [-0.15, -0.1) is 0 Å². The Morgan fingerprint density at radius 1 is 1.22 bits per heavy atom. The van der Waals surface area contributed by atoms with Crippen LogP contribution in [0.1, 0.15) is 62.5 Å². The summed E-state index contributed by atoms with van der Waals surface area (Å²) < 4.78 is 7.54. The van der Waals surface area contributed by atoms with Crippen LogP contribution in [0.25, 0.3) is 22.3 Å². The topological polar surface area (TPSA) is 152 Å². The van der Waals surface area contributed by atoms with Crippen LogP contribution >= 0.6 is 0 Å². The van der Waals surface area contributed by atoms with Gasteiger partial charge in [0.15, 0.2) is 5.65 Å². The van der Waals surface area contributed by atoms with Crippen molar-refractivity contribution in [1.82, 2.24) is 19.7 Å². The molecule has 10 nitrogen and oxygen atoms in total. The number of fused-ring (bicyclic) bond motifs is 1. The van der Waals surface area contributed by atoms with E-state index in [1.807, 2.05) is 41.1 Å². The third kappa shape index (κ3) is 5.33. The third-order valence-corrected chi connectivity index (χ3v) is 8.50. The minimum atomic E-state index is -0.958. The predicted octanol–water partition coefficient (Wildman–Crippen LogP) is 4.98. The van der Waals surface area contributed by atoms with Gasteiger partial charge in [-0.3, -0.25) is 4.79 Å². The summed E-state index contributed by atoms with van der Waals surface area (Å²) in [6.45, 7) is 0. The van der Waals surface area contributed by atoms with Gasteiger partial charge in [0.1, 0.15) is 23.6 Å². The molecule has 1 amide bonds. The normalized spacial score (nSPS) is 23.6. The molecule has 4 aromatic rings. The van der Waals surface area contributed by atoms with E-state index in [9.17, 15) is 9.90 Å². The SMILES string of the molecule is COc1cc(-c2nn(C3CCC(O)(CC#N)CC3)c3ncnc(N)c23)ccc1NC(=O)C[C@@H]1C[C@H]1c1ccccc1. The number of aromatic nitrogens is 4. The minimum Gasteiger partial charge on any atom is -0.495 e. The molecule has 4 N–H and O–H groups in total. The van der Waals surface area contributed by atoms with Crippen molar-refractivity contribution in [2.24, 2.45) is 5.92 Å². The van der Waals surface area contributed by atoms with E-state index in [0.29, 0.717) is 77.9 Å². The number of nitrogens with two attached hydrogens (primary N) is 1. The number of hydrogen-bond acceptors (Lipinski definition) is 8. The Labute approximate surface area is 238 Å². The van der Waals surface area contributed by atoms with Gasteiger partial charge in [-0.25, -0.2) is 14.6 Å². The van der Waals surface area contributed by atoms with E-state index < -0.39 is 5.60 Å². The molecule has 2 aliphatic rings. The molecule has 2 aromatic heterocycles. The lowest BCUT2D eigenvalue weighted by Gasteiger charge is -2.34. The highest BCUT2D eigenvalue weighted by molar-refractivity contribution is 5.99. The number of nitriles is 1. The number of ether oxygens (including phenoxy) is 1. The summed E-state index contributed by atoms with van der Waals surface area (Å²) in [5, 5.41) is 28.4. The Morgan fingerprint density at radius 3 is 2.73 bits per heavy atom. The van der Waals surface area contributed by atoms with Gasteiger partial charge in [-0.05, 0) is 61.6 Å². The maximum atomic E-state index is 12.9. The summed E-state index contributed by atoms with van der Waals surface area (Å²) in [5.74, 6) is 1.58. The smallest absolute Gasteiger partial charge is 0.224 e. The Bertz CT molecular complexity index is 1620. The van der Waals surface area contributed by atoms with Crippen molar-refractivity contribution in [3.63, 3.8) is 0 Å². The number of aliphatic hydroxyl groups is 1. The van der Waals surface area contributed by atoms with Crippen molar-refractivity contribution in [3.05, 3.63) is 60.4 Å². The number of nitrogen functional groups attached to an aromatic ring is 1. The monoisotopic (exact) mass is 551 g/mol. The quantitative estimate of drug-likeness (QED) is 0.277. The number of benzene rings is 2. The van der Waals surface area contributed by atoms with Crippen molar-refractivity contribution >= 4 is 28.4 Å². The van der Waals surface area contributed by atoms with E-state index in [0.717, 1.165) is 12.0 Å². The van der Waals surface area contributed by atoms with Gasteiger partial charge in [-0.1, -0.05) is 36.4 Å². The predicted molar refractivity (Wildman–Crippen MR) is 155 cm³/mol. The summed E-state index contributed by atoms with van der Waals surface area (Å²) in [7, 11) is 1.57. The van der Waals surface area contributed by atoms with E-state index in [4.69, 9.17) is 20.8 Å². The van der Waals surface area contributed by atoms with Gasteiger partial charge in [-0.2, -0.15) is 10.4 Å². The fourth-order valence-corrected chi connectivity index (χ4v) is 6.12. The standard InChI is InChI=1S/C31H33N7O3/c1-41-25-16-20(7-8-24(25)36-26(39)17-21-15-23(21)19-5-3-2-4-6-19)28-27-29(33)34-18-35-30(27)38(37-28)22-9-11-31(40,12-10-22)13-14-32/h2-8,16,18,21-23,40H,9-13,15,17H2,1H3,(H,36,39)(H2,33,34,35)/t21-,22?,23-,31?/m0/s1. The summed E-state index contributed by atoms with van der Waals surface area (Å²) in [6.07, 6.45) is 5.38. The molecule has 10 heteroatoms. The third-order valence-electron chi connectivity index (χ3n) is 8.50. The van der Waals surface area contributed by atoms with Crippen LogP contribution in [0.4, 0.5) is 11.5 Å². The first-order valence-corrected chi connectivity index (χ1v) is 14.0. The first kappa shape index (κ1) is 26.7. The molecule has 41 heavy (non-hydrogen) atoms. The largest absolute Gasteiger partial charge is 0.495 e. The number of amides is 1. The molecule has 0 radical (unpaired) electrons. The molecule has 2 aliphatic carbocycles. The lowest BCUT2D eigenvalue weighted by molar-refractivity contribution is -0.116. The minimum absolute atomic E-state index is 0.00195. The Kier molecular flexibility index (Phi) is 7.05. The molecule has 210 valence electrons.